The first-order chi connectivity index (χ1) is 8.62. The highest BCUT2D eigenvalue weighted by molar-refractivity contribution is 4.88. The summed E-state index contributed by atoms with van der Waals surface area (Å²) in [7, 11) is 1.65. The van der Waals surface area contributed by atoms with Crippen molar-refractivity contribution >= 4 is 0 Å². The van der Waals surface area contributed by atoms with Gasteiger partial charge in [0.1, 0.15) is 0 Å². The van der Waals surface area contributed by atoms with Crippen LogP contribution in [0.25, 0.3) is 0 Å². The third-order valence-electron chi connectivity index (χ3n) is 4.02. The minimum absolute atomic E-state index is 0.0401. The Kier molecular flexibility index (Phi) is 7.15. The number of hydrogen-bond donors (Lipinski definition) is 2. The number of methoxy groups -OCH3 is 1. The summed E-state index contributed by atoms with van der Waals surface area (Å²) in [5.41, 5.74) is 0.504. The van der Waals surface area contributed by atoms with Gasteiger partial charge in [-0.25, -0.2) is 0 Å². The van der Waals surface area contributed by atoms with Crippen molar-refractivity contribution in [2.75, 3.05) is 33.4 Å². The smallest absolute Gasteiger partial charge is 0.0897 e. The quantitative estimate of drug-likeness (QED) is 0.625. The van der Waals surface area contributed by atoms with Gasteiger partial charge in [-0.2, -0.15) is 0 Å². The highest BCUT2D eigenvalue weighted by atomic mass is 16.5. The maximum absolute atomic E-state index is 9.80. The van der Waals surface area contributed by atoms with Crippen molar-refractivity contribution in [1.29, 1.82) is 0 Å². The van der Waals surface area contributed by atoms with Crippen LogP contribution in [0.2, 0.25) is 0 Å². The fraction of sp³-hybridized carbons (Fsp3) is 1.00. The molecule has 1 fully saturated rings. The highest BCUT2D eigenvalue weighted by Crippen LogP contribution is 2.42. The van der Waals surface area contributed by atoms with E-state index in [0.29, 0.717) is 25.2 Å². The molecule has 1 aliphatic carbocycles. The lowest BCUT2D eigenvalue weighted by Gasteiger charge is -2.41. The number of rotatable bonds is 10. The number of ether oxygens (including phenoxy) is 2. The van der Waals surface area contributed by atoms with E-state index in [1.807, 2.05) is 6.92 Å². The second kappa shape index (κ2) is 8.10. The molecule has 0 radical (unpaired) electrons. The van der Waals surface area contributed by atoms with Crippen LogP contribution >= 0.6 is 0 Å². The first kappa shape index (κ1) is 15.9. The van der Waals surface area contributed by atoms with Crippen molar-refractivity contribution in [1.82, 2.24) is 5.32 Å². The molecule has 1 aliphatic rings. The molecule has 1 saturated carbocycles. The number of aliphatic hydroxyl groups is 1. The van der Waals surface area contributed by atoms with Crippen LogP contribution in [-0.2, 0) is 9.47 Å². The van der Waals surface area contributed by atoms with Gasteiger partial charge in [0.2, 0.25) is 0 Å². The molecule has 108 valence electrons. The fourth-order valence-electron chi connectivity index (χ4n) is 2.45. The van der Waals surface area contributed by atoms with Gasteiger partial charge >= 0.3 is 0 Å². The zero-order valence-corrected chi connectivity index (χ0v) is 12.1. The second-order valence-corrected chi connectivity index (χ2v) is 5.59. The Hall–Kier alpha value is -0.160. The number of aliphatic hydroxyl groups excluding tert-OH is 1. The Morgan fingerprint density at radius 3 is 2.56 bits per heavy atom. The molecule has 2 atom stereocenters. The zero-order chi connectivity index (χ0) is 13.4. The van der Waals surface area contributed by atoms with Gasteiger partial charge in [0.25, 0.3) is 0 Å². The minimum atomic E-state index is -0.432. The summed E-state index contributed by atoms with van der Waals surface area (Å²) in [5, 5.41) is 13.2. The molecule has 2 N–H and O–H groups in total. The van der Waals surface area contributed by atoms with Crippen molar-refractivity contribution in [3.8, 4) is 0 Å². The largest absolute Gasteiger partial charge is 0.389 e. The van der Waals surface area contributed by atoms with Crippen LogP contribution < -0.4 is 5.32 Å². The molecule has 0 amide bonds. The topological polar surface area (TPSA) is 50.7 Å². The van der Waals surface area contributed by atoms with Crippen molar-refractivity contribution in [3.63, 3.8) is 0 Å². The van der Waals surface area contributed by atoms with Gasteiger partial charge in [-0.1, -0.05) is 13.3 Å². The lowest BCUT2D eigenvalue weighted by atomic mass is 9.67. The molecule has 0 aromatic rings. The second-order valence-electron chi connectivity index (χ2n) is 5.59. The van der Waals surface area contributed by atoms with Crippen LogP contribution in [0.4, 0.5) is 0 Å². The summed E-state index contributed by atoms with van der Waals surface area (Å²) in [6.45, 7) is 6.78. The summed E-state index contributed by atoms with van der Waals surface area (Å²) in [6, 6.07) is 0. The first-order valence-electron chi connectivity index (χ1n) is 7.11. The molecule has 0 saturated heterocycles. The molecule has 18 heavy (non-hydrogen) atoms. The Labute approximate surface area is 111 Å². The molecule has 0 aromatic carbocycles. The monoisotopic (exact) mass is 259 g/mol. The van der Waals surface area contributed by atoms with E-state index in [1.54, 1.807) is 7.11 Å². The van der Waals surface area contributed by atoms with Crippen molar-refractivity contribution in [3.05, 3.63) is 0 Å². The third kappa shape index (κ3) is 5.22. The molecule has 0 aliphatic heterocycles. The lowest BCUT2D eigenvalue weighted by Crippen LogP contribution is -2.42. The van der Waals surface area contributed by atoms with E-state index in [2.05, 4.69) is 12.2 Å². The Morgan fingerprint density at radius 2 is 2.06 bits per heavy atom. The van der Waals surface area contributed by atoms with E-state index in [4.69, 9.17) is 9.47 Å². The molecule has 4 nitrogen and oxygen atoms in total. The molecule has 0 bridgehead atoms. The van der Waals surface area contributed by atoms with E-state index >= 15 is 0 Å². The average molecular weight is 259 g/mol. The summed E-state index contributed by atoms with van der Waals surface area (Å²) < 4.78 is 10.5. The average Bonchev–Trinajstić information content (AvgIpc) is 2.30. The van der Waals surface area contributed by atoms with E-state index in [1.165, 1.54) is 25.7 Å². The summed E-state index contributed by atoms with van der Waals surface area (Å²) in [6.07, 6.45) is 4.85. The van der Waals surface area contributed by atoms with Crippen LogP contribution in [0.1, 0.15) is 39.5 Å². The predicted octanol–water partition coefficient (Wildman–Crippen LogP) is 1.57. The molecule has 2 unspecified atom stereocenters. The lowest BCUT2D eigenvalue weighted by molar-refractivity contribution is -0.0320. The molecule has 0 heterocycles. The van der Waals surface area contributed by atoms with Gasteiger partial charge in [0.05, 0.1) is 25.4 Å². The van der Waals surface area contributed by atoms with Crippen LogP contribution in [-0.4, -0.2) is 50.7 Å². The van der Waals surface area contributed by atoms with Crippen molar-refractivity contribution in [2.45, 2.75) is 51.7 Å². The maximum atomic E-state index is 9.80. The molecular formula is C14H29NO3. The summed E-state index contributed by atoms with van der Waals surface area (Å²) >= 11 is 0. The maximum Gasteiger partial charge on any atom is 0.0897 e. The van der Waals surface area contributed by atoms with Gasteiger partial charge in [0.15, 0.2) is 0 Å². The highest BCUT2D eigenvalue weighted by Gasteiger charge is 2.34. The number of hydrogen-bond acceptors (Lipinski definition) is 4. The van der Waals surface area contributed by atoms with E-state index in [0.717, 1.165) is 6.54 Å². The Bertz CT molecular complexity index is 214. The van der Waals surface area contributed by atoms with Crippen molar-refractivity contribution in [2.24, 2.45) is 5.41 Å². The van der Waals surface area contributed by atoms with E-state index in [-0.39, 0.29) is 6.10 Å². The molecule has 0 aromatic heterocycles. The van der Waals surface area contributed by atoms with Crippen LogP contribution in [0.15, 0.2) is 0 Å². The van der Waals surface area contributed by atoms with Gasteiger partial charge in [-0.05, 0) is 31.6 Å². The SMILES string of the molecule is CCC1(CNCC(O)COC(C)COC)CCC1. The van der Waals surface area contributed by atoms with Crippen LogP contribution in [0.3, 0.4) is 0 Å². The van der Waals surface area contributed by atoms with Crippen LogP contribution in [0.5, 0.6) is 0 Å². The third-order valence-corrected chi connectivity index (χ3v) is 4.02. The molecule has 0 spiro atoms. The number of nitrogens with one attached hydrogen (secondary N) is 1. The Balaban J connectivity index is 2.04. The van der Waals surface area contributed by atoms with Gasteiger partial charge in [0, 0.05) is 20.2 Å². The molecule has 4 heteroatoms. The first-order valence-corrected chi connectivity index (χ1v) is 7.11. The normalized spacial score (nSPS) is 21.3. The predicted molar refractivity (Wildman–Crippen MR) is 72.7 cm³/mol. The van der Waals surface area contributed by atoms with Crippen molar-refractivity contribution < 1.29 is 14.6 Å². The zero-order valence-electron chi connectivity index (χ0n) is 12.1. The van der Waals surface area contributed by atoms with E-state index in [9.17, 15) is 5.11 Å². The molecular weight excluding hydrogens is 230 g/mol. The standard InChI is InChI=1S/C14H29NO3/c1-4-14(6-5-7-14)11-15-8-13(16)10-18-12(2)9-17-3/h12-13,15-16H,4-11H2,1-3H3. The van der Waals surface area contributed by atoms with E-state index < -0.39 is 6.10 Å². The Morgan fingerprint density at radius 1 is 1.33 bits per heavy atom. The minimum Gasteiger partial charge on any atom is -0.389 e. The summed E-state index contributed by atoms with van der Waals surface area (Å²) in [5.74, 6) is 0. The van der Waals surface area contributed by atoms with Crippen LogP contribution in [0, 0.1) is 5.41 Å². The van der Waals surface area contributed by atoms with Gasteiger partial charge in [-0.3, -0.25) is 0 Å². The van der Waals surface area contributed by atoms with Gasteiger partial charge < -0.3 is 19.9 Å². The van der Waals surface area contributed by atoms with Gasteiger partial charge in [-0.15, -0.1) is 0 Å². The fourth-order valence-corrected chi connectivity index (χ4v) is 2.45. The summed E-state index contributed by atoms with van der Waals surface area (Å²) in [4.78, 5) is 0. The molecule has 1 rings (SSSR count).